The number of rotatable bonds is 7. The van der Waals surface area contributed by atoms with E-state index in [0.29, 0.717) is 13.1 Å². The van der Waals surface area contributed by atoms with Gasteiger partial charge in [-0.25, -0.2) is 4.98 Å². The highest BCUT2D eigenvalue weighted by atomic mass is 32.1. The quantitative estimate of drug-likeness (QED) is 0.688. The Hall–Kier alpha value is -1.96. The summed E-state index contributed by atoms with van der Waals surface area (Å²) in [4.78, 5) is 16.6. The molecule has 0 radical (unpaired) electrons. The lowest BCUT2D eigenvalue weighted by Crippen LogP contribution is -2.41. The molecule has 0 fully saturated rings. The molecule has 3 heterocycles. The molecule has 0 aliphatic carbocycles. The fourth-order valence-corrected chi connectivity index (χ4v) is 3.53. The van der Waals surface area contributed by atoms with Gasteiger partial charge in [-0.15, -0.1) is 11.3 Å². The van der Waals surface area contributed by atoms with E-state index >= 15 is 0 Å². The first kappa shape index (κ1) is 15.9. The van der Waals surface area contributed by atoms with E-state index in [0.717, 1.165) is 22.0 Å². The molecular weight excluding hydrogens is 330 g/mol. The number of thiophene rings is 1. The molecule has 120 valence electrons. The second kappa shape index (κ2) is 7.54. The fraction of sp³-hybridized carbons (Fsp3) is 0.250. The van der Waals surface area contributed by atoms with Gasteiger partial charge in [0.05, 0.1) is 24.5 Å². The number of furan rings is 1. The molecule has 3 rings (SSSR count). The maximum atomic E-state index is 12.0. The van der Waals surface area contributed by atoms with Crippen LogP contribution >= 0.6 is 22.7 Å². The minimum atomic E-state index is -0.295. The van der Waals surface area contributed by atoms with Crippen molar-refractivity contribution in [2.24, 2.45) is 0 Å². The van der Waals surface area contributed by atoms with Crippen LogP contribution in [0.4, 0.5) is 0 Å². The highest BCUT2D eigenvalue weighted by Gasteiger charge is 2.13. The lowest BCUT2D eigenvalue weighted by molar-refractivity contribution is -0.123. The third kappa shape index (κ3) is 4.28. The molecule has 0 aliphatic heterocycles. The number of nitrogens with zero attached hydrogens (tertiary/aromatic N) is 1. The SMILES string of the molecule is CC(NCc1csc(-c2ccsc2)n1)C(=O)NCc1ccco1. The van der Waals surface area contributed by atoms with Crippen molar-refractivity contribution in [1.29, 1.82) is 0 Å². The van der Waals surface area contributed by atoms with E-state index in [9.17, 15) is 4.79 Å². The van der Waals surface area contributed by atoms with Gasteiger partial charge < -0.3 is 15.1 Å². The molecule has 1 amide bonds. The van der Waals surface area contributed by atoms with Gasteiger partial charge in [-0.1, -0.05) is 0 Å². The first-order valence-electron chi connectivity index (χ1n) is 7.23. The molecule has 1 atom stereocenters. The first-order chi connectivity index (χ1) is 11.2. The van der Waals surface area contributed by atoms with Crippen molar-refractivity contribution in [2.45, 2.75) is 26.1 Å². The molecule has 1 unspecified atom stereocenters. The molecule has 0 bridgehead atoms. The van der Waals surface area contributed by atoms with Gasteiger partial charge in [-0.2, -0.15) is 11.3 Å². The van der Waals surface area contributed by atoms with Crippen molar-refractivity contribution in [2.75, 3.05) is 0 Å². The lowest BCUT2D eigenvalue weighted by Gasteiger charge is -2.12. The minimum absolute atomic E-state index is 0.0605. The van der Waals surface area contributed by atoms with Crippen molar-refractivity contribution in [1.82, 2.24) is 15.6 Å². The van der Waals surface area contributed by atoms with Gasteiger partial charge in [0.2, 0.25) is 5.91 Å². The second-order valence-corrected chi connectivity index (χ2v) is 6.69. The Morgan fingerprint density at radius 2 is 2.26 bits per heavy atom. The maximum absolute atomic E-state index is 12.0. The van der Waals surface area contributed by atoms with Crippen LogP contribution < -0.4 is 10.6 Å². The van der Waals surface area contributed by atoms with Crippen LogP contribution in [0.2, 0.25) is 0 Å². The van der Waals surface area contributed by atoms with Crippen molar-refractivity contribution >= 4 is 28.6 Å². The monoisotopic (exact) mass is 347 g/mol. The van der Waals surface area contributed by atoms with E-state index in [1.54, 1.807) is 35.0 Å². The lowest BCUT2D eigenvalue weighted by atomic mass is 10.3. The summed E-state index contributed by atoms with van der Waals surface area (Å²) in [5.74, 6) is 0.681. The molecule has 0 saturated carbocycles. The van der Waals surface area contributed by atoms with Crippen LogP contribution in [-0.4, -0.2) is 16.9 Å². The zero-order chi connectivity index (χ0) is 16.1. The Labute approximate surface area is 142 Å². The molecule has 0 aliphatic rings. The summed E-state index contributed by atoms with van der Waals surface area (Å²) in [7, 11) is 0. The van der Waals surface area contributed by atoms with Gasteiger partial charge in [0, 0.05) is 22.9 Å². The summed E-state index contributed by atoms with van der Waals surface area (Å²) in [6.07, 6.45) is 1.59. The number of thiazole rings is 1. The van der Waals surface area contributed by atoms with Gasteiger partial charge >= 0.3 is 0 Å². The molecule has 7 heteroatoms. The molecule has 2 N–H and O–H groups in total. The third-order valence-corrected chi connectivity index (χ3v) is 4.94. The smallest absolute Gasteiger partial charge is 0.237 e. The summed E-state index contributed by atoms with van der Waals surface area (Å²) in [5, 5.41) is 13.2. The average Bonchev–Trinajstić information content (AvgIpc) is 3.32. The molecular formula is C16H17N3O2S2. The zero-order valence-corrected chi connectivity index (χ0v) is 14.2. The van der Waals surface area contributed by atoms with Gasteiger partial charge in [0.1, 0.15) is 10.8 Å². The normalized spacial score (nSPS) is 12.2. The molecule has 5 nitrogen and oxygen atoms in total. The highest BCUT2D eigenvalue weighted by molar-refractivity contribution is 7.14. The summed E-state index contributed by atoms with van der Waals surface area (Å²) in [5.41, 5.74) is 2.09. The summed E-state index contributed by atoms with van der Waals surface area (Å²) < 4.78 is 5.19. The van der Waals surface area contributed by atoms with E-state index in [1.165, 1.54) is 0 Å². The Bertz CT molecular complexity index is 735. The zero-order valence-electron chi connectivity index (χ0n) is 12.6. The minimum Gasteiger partial charge on any atom is -0.467 e. The van der Waals surface area contributed by atoms with E-state index in [2.05, 4.69) is 27.1 Å². The number of carbonyl (C=O) groups excluding carboxylic acids is 1. The van der Waals surface area contributed by atoms with E-state index in [4.69, 9.17) is 4.42 Å². The molecule has 0 aromatic carbocycles. The Morgan fingerprint density at radius 1 is 1.35 bits per heavy atom. The largest absolute Gasteiger partial charge is 0.467 e. The van der Waals surface area contributed by atoms with Crippen LogP contribution in [0.5, 0.6) is 0 Å². The van der Waals surface area contributed by atoms with Gasteiger partial charge in [0.15, 0.2) is 0 Å². The Morgan fingerprint density at radius 3 is 3.00 bits per heavy atom. The standard InChI is InChI=1S/C16H17N3O2S2/c1-11(15(20)18-8-14-3-2-5-21-14)17-7-13-10-23-16(19-13)12-4-6-22-9-12/h2-6,9-11,17H,7-8H2,1H3,(H,18,20). The number of hydrogen-bond donors (Lipinski definition) is 2. The molecule has 0 spiro atoms. The Balaban J connectivity index is 1.46. The summed E-state index contributed by atoms with van der Waals surface area (Å²) >= 11 is 3.28. The van der Waals surface area contributed by atoms with Crippen LogP contribution in [0.15, 0.2) is 45.0 Å². The third-order valence-electron chi connectivity index (χ3n) is 3.32. The van der Waals surface area contributed by atoms with Crippen molar-refractivity contribution < 1.29 is 9.21 Å². The van der Waals surface area contributed by atoms with Crippen LogP contribution in [0.3, 0.4) is 0 Å². The van der Waals surface area contributed by atoms with E-state index < -0.39 is 0 Å². The molecule has 3 aromatic rings. The molecule has 0 saturated heterocycles. The predicted octanol–water partition coefficient (Wildman–Crippen LogP) is 3.26. The van der Waals surface area contributed by atoms with Crippen LogP contribution in [-0.2, 0) is 17.9 Å². The Kier molecular flexibility index (Phi) is 5.22. The van der Waals surface area contributed by atoms with Gasteiger partial charge in [0.25, 0.3) is 0 Å². The number of carbonyl (C=O) groups is 1. The summed E-state index contributed by atoms with van der Waals surface area (Å²) in [6.45, 7) is 2.80. The number of aromatic nitrogens is 1. The topological polar surface area (TPSA) is 67.2 Å². The molecule has 23 heavy (non-hydrogen) atoms. The van der Waals surface area contributed by atoms with Gasteiger partial charge in [-0.05, 0) is 30.5 Å². The van der Waals surface area contributed by atoms with Crippen LogP contribution in [0.25, 0.3) is 10.6 Å². The van der Waals surface area contributed by atoms with E-state index in [-0.39, 0.29) is 11.9 Å². The van der Waals surface area contributed by atoms with Crippen LogP contribution in [0, 0.1) is 0 Å². The van der Waals surface area contributed by atoms with Crippen LogP contribution in [0.1, 0.15) is 18.4 Å². The second-order valence-electron chi connectivity index (χ2n) is 5.06. The fourth-order valence-electron chi connectivity index (χ4n) is 2.00. The maximum Gasteiger partial charge on any atom is 0.237 e. The van der Waals surface area contributed by atoms with Crippen molar-refractivity contribution in [3.63, 3.8) is 0 Å². The molecule has 3 aromatic heterocycles. The average molecular weight is 347 g/mol. The first-order valence-corrected chi connectivity index (χ1v) is 9.05. The number of amides is 1. The number of nitrogens with one attached hydrogen (secondary N) is 2. The predicted molar refractivity (Wildman–Crippen MR) is 92.3 cm³/mol. The summed E-state index contributed by atoms with van der Waals surface area (Å²) in [6, 6.07) is 5.40. The van der Waals surface area contributed by atoms with Crippen molar-refractivity contribution in [3.8, 4) is 10.6 Å². The number of hydrogen-bond acceptors (Lipinski definition) is 6. The van der Waals surface area contributed by atoms with Crippen molar-refractivity contribution in [3.05, 3.63) is 52.1 Å². The van der Waals surface area contributed by atoms with Gasteiger partial charge in [-0.3, -0.25) is 4.79 Å². The van der Waals surface area contributed by atoms with E-state index in [1.807, 2.05) is 23.8 Å². The highest BCUT2D eigenvalue weighted by Crippen LogP contribution is 2.25.